The second-order valence-electron chi connectivity index (χ2n) is 6.27. The quantitative estimate of drug-likeness (QED) is 0.254. The number of hydrogen-bond acceptors (Lipinski definition) is 5. The Labute approximate surface area is 196 Å². The first-order chi connectivity index (χ1) is 13.9. The Bertz CT molecular complexity index is 748. The molecule has 2 heterocycles. The number of guanidine groups is 1. The van der Waals surface area contributed by atoms with Gasteiger partial charge < -0.3 is 15.1 Å². The molecule has 0 aliphatic heterocycles. The lowest BCUT2D eigenvalue weighted by molar-refractivity contribution is -0.140. The lowest BCUT2D eigenvalue weighted by Crippen LogP contribution is -2.39. The van der Waals surface area contributed by atoms with Gasteiger partial charge in [0.1, 0.15) is 5.76 Å². The molecule has 0 aliphatic carbocycles. The van der Waals surface area contributed by atoms with Gasteiger partial charge >= 0.3 is 6.18 Å². The molecule has 2 aromatic heterocycles. The van der Waals surface area contributed by atoms with Crippen LogP contribution in [-0.4, -0.2) is 48.6 Å². The van der Waals surface area contributed by atoms with Crippen LogP contribution in [0.1, 0.15) is 43.3 Å². The summed E-state index contributed by atoms with van der Waals surface area (Å²) in [6.07, 6.45) is -2.35. The Balaban J connectivity index is 0.00000450. The van der Waals surface area contributed by atoms with E-state index in [1.165, 1.54) is 0 Å². The lowest BCUT2D eigenvalue weighted by Gasteiger charge is -2.27. The fourth-order valence-corrected chi connectivity index (χ4v) is 3.70. The van der Waals surface area contributed by atoms with Crippen molar-refractivity contribution in [3.8, 4) is 0 Å². The molecule has 0 spiro atoms. The average molecular weight is 559 g/mol. The van der Waals surface area contributed by atoms with Gasteiger partial charge in [-0.1, -0.05) is 13.8 Å². The number of alkyl halides is 3. The van der Waals surface area contributed by atoms with E-state index in [0.29, 0.717) is 37.0 Å². The van der Waals surface area contributed by atoms with Crippen molar-refractivity contribution in [3.05, 3.63) is 40.2 Å². The summed E-state index contributed by atoms with van der Waals surface area (Å²) >= 11 is 1.02. The Morgan fingerprint density at radius 3 is 2.53 bits per heavy atom. The van der Waals surface area contributed by atoms with E-state index < -0.39 is 11.9 Å². The van der Waals surface area contributed by atoms with Crippen molar-refractivity contribution >= 4 is 41.3 Å². The topological polar surface area (TPSA) is 65.7 Å². The molecule has 2 N–H and O–H groups in total. The highest BCUT2D eigenvalue weighted by molar-refractivity contribution is 14.0. The van der Waals surface area contributed by atoms with Gasteiger partial charge in [0.25, 0.3) is 0 Å². The Kier molecular flexibility index (Phi) is 11.7. The molecule has 6 nitrogen and oxygen atoms in total. The third kappa shape index (κ3) is 8.06. The maximum Gasteiger partial charge on any atom is 0.434 e. The van der Waals surface area contributed by atoms with E-state index in [-0.39, 0.29) is 30.0 Å². The van der Waals surface area contributed by atoms with Gasteiger partial charge in [-0.25, -0.2) is 4.98 Å². The summed E-state index contributed by atoms with van der Waals surface area (Å²) in [4.78, 5) is 10.6. The molecule has 1 unspecified atom stereocenters. The third-order valence-corrected chi connectivity index (χ3v) is 5.27. The molecule has 0 saturated carbocycles. The zero-order valence-electron chi connectivity index (χ0n) is 17.3. The smallest absolute Gasteiger partial charge is 0.434 e. The number of halogens is 4. The summed E-state index contributed by atoms with van der Waals surface area (Å²) in [6.45, 7) is 9.50. The molecule has 1 atom stereocenters. The molecule has 11 heteroatoms. The van der Waals surface area contributed by atoms with Gasteiger partial charge in [0.05, 0.1) is 23.9 Å². The van der Waals surface area contributed by atoms with Crippen LogP contribution in [0.25, 0.3) is 0 Å². The summed E-state index contributed by atoms with van der Waals surface area (Å²) in [5.74, 6) is 1.47. The standard InChI is InChI=1S/C19H28F3N5OS.HI/c1-4-23-18(24-10-9-17-26-16(13-29-17)19(20,21)22)25-12-14(27(5-2)6-3)15-8-7-11-28-15;/h7-8,11,13-14H,4-6,9-10,12H2,1-3H3,(H2,23,24,25);1H. The molecule has 2 aromatic rings. The number of aromatic nitrogens is 1. The number of nitrogens with one attached hydrogen (secondary N) is 2. The maximum atomic E-state index is 12.7. The first kappa shape index (κ1) is 26.7. The predicted octanol–water partition coefficient (Wildman–Crippen LogP) is 4.55. The highest BCUT2D eigenvalue weighted by atomic mass is 127. The molecule has 0 radical (unpaired) electrons. The monoisotopic (exact) mass is 559 g/mol. The molecular formula is C19H29F3IN5OS. The first-order valence-corrected chi connectivity index (χ1v) is 10.6. The highest BCUT2D eigenvalue weighted by Gasteiger charge is 2.33. The van der Waals surface area contributed by atoms with E-state index in [0.717, 1.165) is 35.6 Å². The normalized spacial score (nSPS) is 13.2. The van der Waals surface area contributed by atoms with Gasteiger partial charge in [-0.2, -0.15) is 13.2 Å². The molecule has 0 aliphatic rings. The molecule has 2 rings (SSSR count). The number of likely N-dealkylation sites (N-methyl/N-ethyl adjacent to an activating group) is 1. The van der Waals surface area contributed by atoms with Crippen molar-refractivity contribution < 1.29 is 17.6 Å². The van der Waals surface area contributed by atoms with Crippen LogP contribution in [0.4, 0.5) is 13.2 Å². The fraction of sp³-hybridized carbons (Fsp3) is 0.579. The summed E-state index contributed by atoms with van der Waals surface area (Å²) in [7, 11) is 0. The number of hydrogen-bond donors (Lipinski definition) is 2. The fourth-order valence-electron chi connectivity index (χ4n) is 2.89. The van der Waals surface area contributed by atoms with Gasteiger partial charge in [0.2, 0.25) is 0 Å². The molecule has 170 valence electrons. The number of rotatable bonds is 10. The minimum absolute atomic E-state index is 0. The Morgan fingerprint density at radius 1 is 1.27 bits per heavy atom. The Hall–Kier alpha value is -1.34. The third-order valence-electron chi connectivity index (χ3n) is 4.36. The highest BCUT2D eigenvalue weighted by Crippen LogP contribution is 2.30. The van der Waals surface area contributed by atoms with Crippen LogP contribution >= 0.6 is 35.3 Å². The van der Waals surface area contributed by atoms with Crippen LogP contribution in [-0.2, 0) is 12.6 Å². The van der Waals surface area contributed by atoms with Crippen LogP contribution in [0.5, 0.6) is 0 Å². The summed E-state index contributed by atoms with van der Waals surface area (Å²) < 4.78 is 43.6. The molecule has 0 bridgehead atoms. The second kappa shape index (κ2) is 13.2. The summed E-state index contributed by atoms with van der Waals surface area (Å²) in [6, 6.07) is 3.82. The number of nitrogens with zero attached hydrogens (tertiary/aromatic N) is 3. The summed E-state index contributed by atoms with van der Waals surface area (Å²) in [5.41, 5.74) is -0.835. The van der Waals surface area contributed by atoms with Crippen LogP contribution < -0.4 is 10.6 Å². The van der Waals surface area contributed by atoms with Crippen molar-refractivity contribution in [2.24, 2.45) is 4.99 Å². The lowest BCUT2D eigenvalue weighted by atomic mass is 10.2. The van der Waals surface area contributed by atoms with Crippen molar-refractivity contribution in [1.29, 1.82) is 0 Å². The van der Waals surface area contributed by atoms with Gasteiger partial charge in [-0.05, 0) is 32.1 Å². The van der Waals surface area contributed by atoms with Gasteiger partial charge in [0, 0.05) is 24.9 Å². The van der Waals surface area contributed by atoms with Crippen LogP contribution in [0, 0.1) is 0 Å². The largest absolute Gasteiger partial charge is 0.468 e. The van der Waals surface area contributed by atoms with E-state index >= 15 is 0 Å². The van der Waals surface area contributed by atoms with Crippen LogP contribution in [0.2, 0.25) is 0 Å². The second-order valence-corrected chi connectivity index (χ2v) is 7.22. The maximum absolute atomic E-state index is 12.7. The molecule has 0 fully saturated rings. The number of thiazole rings is 1. The zero-order chi connectivity index (χ0) is 21.3. The Morgan fingerprint density at radius 2 is 2.00 bits per heavy atom. The van der Waals surface area contributed by atoms with E-state index in [1.807, 2.05) is 19.1 Å². The molecule has 0 saturated heterocycles. The number of aliphatic imine (C=N–C) groups is 1. The summed E-state index contributed by atoms with van der Waals surface area (Å²) in [5, 5.41) is 7.82. The minimum atomic E-state index is -4.40. The van der Waals surface area contributed by atoms with E-state index in [9.17, 15) is 13.2 Å². The van der Waals surface area contributed by atoms with Crippen LogP contribution in [0.3, 0.4) is 0 Å². The van der Waals surface area contributed by atoms with Crippen LogP contribution in [0.15, 0.2) is 33.2 Å². The number of furan rings is 1. The first-order valence-electron chi connectivity index (χ1n) is 9.70. The van der Waals surface area contributed by atoms with E-state index in [2.05, 4.69) is 39.4 Å². The zero-order valence-corrected chi connectivity index (χ0v) is 20.5. The predicted molar refractivity (Wildman–Crippen MR) is 125 cm³/mol. The van der Waals surface area contributed by atoms with E-state index in [1.54, 1.807) is 6.26 Å². The molecular weight excluding hydrogens is 530 g/mol. The molecule has 30 heavy (non-hydrogen) atoms. The van der Waals surface area contributed by atoms with Gasteiger partial charge in [-0.3, -0.25) is 9.89 Å². The minimum Gasteiger partial charge on any atom is -0.468 e. The van der Waals surface area contributed by atoms with E-state index in [4.69, 9.17) is 4.42 Å². The molecule has 0 aromatic carbocycles. The van der Waals surface area contributed by atoms with Gasteiger partial charge in [0.15, 0.2) is 11.7 Å². The molecule has 0 amide bonds. The van der Waals surface area contributed by atoms with Crippen molar-refractivity contribution in [3.63, 3.8) is 0 Å². The van der Waals surface area contributed by atoms with Crippen molar-refractivity contribution in [1.82, 2.24) is 20.5 Å². The van der Waals surface area contributed by atoms with Crippen molar-refractivity contribution in [2.75, 3.05) is 32.7 Å². The SMILES string of the molecule is CCNC(=NCC(c1ccco1)N(CC)CC)NCCc1nc(C(F)(F)F)cs1.I. The average Bonchev–Trinajstić information content (AvgIpc) is 3.36. The van der Waals surface area contributed by atoms with Crippen molar-refractivity contribution in [2.45, 2.75) is 39.4 Å². The van der Waals surface area contributed by atoms with Gasteiger partial charge in [-0.15, -0.1) is 35.3 Å².